The molecule has 0 aliphatic heterocycles. The molecular weight excluding hydrogens is 336 g/mol. The Bertz CT molecular complexity index is 684. The smallest absolute Gasteiger partial charge is 0.242 e. The molecule has 0 heterocycles. The van der Waals surface area contributed by atoms with Crippen molar-refractivity contribution in [2.45, 2.75) is 31.2 Å². The maximum absolute atomic E-state index is 12.5. The fourth-order valence-electron chi connectivity index (χ4n) is 2.29. The molecule has 6 nitrogen and oxygen atoms in total. The van der Waals surface area contributed by atoms with Crippen molar-refractivity contribution in [3.63, 3.8) is 0 Å². The minimum absolute atomic E-state index is 0.300. The van der Waals surface area contributed by atoms with E-state index in [4.69, 9.17) is 0 Å². The summed E-state index contributed by atoms with van der Waals surface area (Å²) < 4.78 is 26.2. The van der Waals surface area contributed by atoms with Crippen LogP contribution in [0.4, 0.5) is 0 Å². The average Bonchev–Trinajstić information content (AvgIpc) is 2.58. The zero-order chi connectivity index (χ0) is 18.9. The van der Waals surface area contributed by atoms with Crippen molar-refractivity contribution in [2.75, 3.05) is 34.2 Å². The van der Waals surface area contributed by atoms with Crippen LogP contribution in [0.5, 0.6) is 0 Å². The van der Waals surface area contributed by atoms with Crippen LogP contribution in [0.1, 0.15) is 25.3 Å². The van der Waals surface area contributed by atoms with E-state index in [0.29, 0.717) is 17.0 Å². The van der Waals surface area contributed by atoms with Crippen LogP contribution < -0.4 is 5.32 Å². The Morgan fingerprint density at radius 3 is 2.56 bits per heavy atom. The Kier molecular flexibility index (Phi) is 8.65. The number of guanidine groups is 1. The van der Waals surface area contributed by atoms with Gasteiger partial charge in [-0.3, -0.25) is 0 Å². The van der Waals surface area contributed by atoms with Crippen molar-refractivity contribution in [1.82, 2.24) is 14.5 Å². The van der Waals surface area contributed by atoms with E-state index in [1.54, 1.807) is 18.2 Å². The van der Waals surface area contributed by atoms with Crippen LogP contribution in [0.15, 0.2) is 46.8 Å². The van der Waals surface area contributed by atoms with Crippen molar-refractivity contribution < 1.29 is 8.42 Å². The van der Waals surface area contributed by atoms with Gasteiger partial charge in [0.2, 0.25) is 10.0 Å². The summed E-state index contributed by atoms with van der Waals surface area (Å²) in [4.78, 5) is 6.97. The summed E-state index contributed by atoms with van der Waals surface area (Å²) in [6.45, 7) is 7.66. The number of rotatable bonds is 9. The third-order valence-corrected chi connectivity index (χ3v) is 5.64. The van der Waals surface area contributed by atoms with Gasteiger partial charge in [0.1, 0.15) is 0 Å². The molecule has 7 heteroatoms. The lowest BCUT2D eigenvalue weighted by molar-refractivity contribution is 0.470. The number of aliphatic imine (C=N–C) groups is 1. The van der Waals surface area contributed by atoms with Gasteiger partial charge in [0.15, 0.2) is 5.96 Å². The first kappa shape index (κ1) is 21.2. The standard InChI is InChI=1S/C18H30N4O2S/c1-6-8-11-14-22(5)18(19-7-2)20-15-16-12-9-10-13-17(16)25(23,24)21(3)4/h6,9-10,12-13H,1,7-8,11,14-15H2,2-5H3,(H,19,20). The van der Waals surface area contributed by atoms with Crippen LogP contribution >= 0.6 is 0 Å². The zero-order valence-corrected chi connectivity index (χ0v) is 16.5. The second kappa shape index (κ2) is 10.2. The Labute approximate surface area is 152 Å². The largest absolute Gasteiger partial charge is 0.357 e. The Balaban J connectivity index is 3.02. The molecule has 25 heavy (non-hydrogen) atoms. The van der Waals surface area contributed by atoms with Crippen LogP contribution in [-0.2, 0) is 16.6 Å². The third kappa shape index (κ3) is 6.17. The normalized spacial score (nSPS) is 12.3. The highest BCUT2D eigenvalue weighted by molar-refractivity contribution is 7.89. The minimum atomic E-state index is -3.49. The Morgan fingerprint density at radius 1 is 1.28 bits per heavy atom. The maximum atomic E-state index is 12.5. The molecule has 1 aromatic carbocycles. The van der Waals surface area contributed by atoms with Crippen molar-refractivity contribution in [3.8, 4) is 0 Å². The lowest BCUT2D eigenvalue weighted by atomic mass is 10.2. The van der Waals surface area contributed by atoms with Crippen LogP contribution in [0, 0.1) is 0 Å². The first-order valence-electron chi connectivity index (χ1n) is 8.45. The minimum Gasteiger partial charge on any atom is -0.357 e. The van der Waals surface area contributed by atoms with Gasteiger partial charge < -0.3 is 10.2 Å². The molecule has 0 amide bonds. The van der Waals surface area contributed by atoms with Crippen molar-refractivity contribution in [3.05, 3.63) is 42.5 Å². The summed E-state index contributed by atoms with van der Waals surface area (Å²) in [5, 5.41) is 3.25. The fourth-order valence-corrected chi connectivity index (χ4v) is 3.40. The molecule has 0 aliphatic carbocycles. The Hall–Kier alpha value is -1.86. The summed E-state index contributed by atoms with van der Waals surface area (Å²) in [6.07, 6.45) is 3.85. The number of nitrogens with one attached hydrogen (secondary N) is 1. The van der Waals surface area contributed by atoms with Crippen molar-refractivity contribution in [2.24, 2.45) is 4.99 Å². The van der Waals surface area contributed by atoms with Crippen LogP contribution in [0.3, 0.4) is 0 Å². The summed E-state index contributed by atoms with van der Waals surface area (Å²) in [7, 11) is 1.56. The number of hydrogen-bond donors (Lipinski definition) is 1. The highest BCUT2D eigenvalue weighted by Crippen LogP contribution is 2.19. The van der Waals surface area contributed by atoms with Crippen LogP contribution in [-0.4, -0.2) is 57.8 Å². The topological polar surface area (TPSA) is 65.0 Å². The molecule has 140 valence electrons. The number of allylic oxidation sites excluding steroid dienone is 1. The maximum Gasteiger partial charge on any atom is 0.242 e. The SMILES string of the molecule is C=CCCCN(C)C(=NCc1ccccc1S(=O)(=O)N(C)C)NCC. The molecule has 0 aromatic heterocycles. The molecule has 0 bridgehead atoms. The van der Waals surface area contributed by atoms with E-state index in [1.165, 1.54) is 18.4 Å². The zero-order valence-electron chi connectivity index (χ0n) is 15.7. The predicted molar refractivity (Wildman–Crippen MR) is 104 cm³/mol. The molecular formula is C18H30N4O2S. The van der Waals surface area contributed by atoms with Gasteiger partial charge in [0.25, 0.3) is 0 Å². The van der Waals surface area contributed by atoms with Gasteiger partial charge in [-0.15, -0.1) is 6.58 Å². The number of hydrogen-bond acceptors (Lipinski definition) is 3. The first-order valence-corrected chi connectivity index (χ1v) is 9.89. The van der Waals surface area contributed by atoms with E-state index >= 15 is 0 Å². The molecule has 0 unspecified atom stereocenters. The Morgan fingerprint density at radius 2 is 1.96 bits per heavy atom. The number of benzene rings is 1. The third-order valence-electron chi connectivity index (χ3n) is 3.73. The van der Waals surface area contributed by atoms with E-state index in [1.807, 2.05) is 26.1 Å². The summed E-state index contributed by atoms with van der Waals surface area (Å²) in [6, 6.07) is 7.00. The van der Waals surface area contributed by atoms with Gasteiger partial charge in [-0.1, -0.05) is 24.3 Å². The second-order valence-electron chi connectivity index (χ2n) is 5.92. The van der Waals surface area contributed by atoms with E-state index in [0.717, 1.165) is 31.9 Å². The molecule has 0 atom stereocenters. The molecule has 0 saturated heterocycles. The summed E-state index contributed by atoms with van der Waals surface area (Å²) in [5.41, 5.74) is 0.686. The lowest BCUT2D eigenvalue weighted by Gasteiger charge is -2.22. The van der Waals surface area contributed by atoms with Gasteiger partial charge in [0, 0.05) is 34.2 Å². The van der Waals surface area contributed by atoms with Crippen LogP contribution in [0.2, 0.25) is 0 Å². The van der Waals surface area contributed by atoms with Gasteiger partial charge >= 0.3 is 0 Å². The number of nitrogens with zero attached hydrogens (tertiary/aromatic N) is 3. The van der Waals surface area contributed by atoms with Gasteiger partial charge in [-0.2, -0.15) is 0 Å². The van der Waals surface area contributed by atoms with Gasteiger partial charge in [0.05, 0.1) is 11.4 Å². The molecule has 0 aliphatic rings. The summed E-state index contributed by atoms with van der Waals surface area (Å²) >= 11 is 0. The highest BCUT2D eigenvalue weighted by atomic mass is 32.2. The molecule has 0 radical (unpaired) electrons. The predicted octanol–water partition coefficient (Wildman–Crippen LogP) is 2.30. The molecule has 1 N–H and O–H groups in total. The van der Waals surface area contributed by atoms with E-state index in [-0.39, 0.29) is 0 Å². The molecule has 0 spiro atoms. The quantitative estimate of drug-likeness (QED) is 0.315. The number of sulfonamides is 1. The first-order chi connectivity index (χ1) is 11.8. The molecule has 0 saturated carbocycles. The van der Waals surface area contributed by atoms with Crippen LogP contribution in [0.25, 0.3) is 0 Å². The molecule has 1 aromatic rings. The second-order valence-corrected chi connectivity index (χ2v) is 8.04. The summed E-state index contributed by atoms with van der Waals surface area (Å²) in [5.74, 6) is 0.767. The fraction of sp³-hybridized carbons (Fsp3) is 0.500. The van der Waals surface area contributed by atoms with E-state index in [2.05, 4.69) is 21.8 Å². The average molecular weight is 367 g/mol. The van der Waals surface area contributed by atoms with E-state index < -0.39 is 10.0 Å². The van der Waals surface area contributed by atoms with Gasteiger partial charge in [-0.25, -0.2) is 17.7 Å². The van der Waals surface area contributed by atoms with Crippen molar-refractivity contribution in [1.29, 1.82) is 0 Å². The molecule has 0 fully saturated rings. The van der Waals surface area contributed by atoms with E-state index in [9.17, 15) is 8.42 Å². The molecule has 1 rings (SSSR count). The highest BCUT2D eigenvalue weighted by Gasteiger charge is 2.20. The van der Waals surface area contributed by atoms with Gasteiger partial charge in [-0.05, 0) is 31.4 Å². The monoisotopic (exact) mass is 366 g/mol. The van der Waals surface area contributed by atoms with Crippen molar-refractivity contribution >= 4 is 16.0 Å². The number of unbranched alkanes of at least 4 members (excludes halogenated alkanes) is 1. The lowest BCUT2D eigenvalue weighted by Crippen LogP contribution is -2.39.